The lowest BCUT2D eigenvalue weighted by molar-refractivity contribution is -0.144. The molecule has 0 bridgehead atoms. The quantitative estimate of drug-likeness (QED) is 0.686. The van der Waals surface area contributed by atoms with Gasteiger partial charge in [0.05, 0.1) is 13.2 Å². The summed E-state index contributed by atoms with van der Waals surface area (Å²) in [6.45, 7) is 10.2. The lowest BCUT2D eigenvalue weighted by Crippen LogP contribution is -2.30. The van der Waals surface area contributed by atoms with Crippen molar-refractivity contribution in [3.63, 3.8) is 0 Å². The molecule has 0 radical (unpaired) electrons. The van der Waals surface area contributed by atoms with Crippen LogP contribution in [0.5, 0.6) is 5.75 Å². The number of esters is 1. The summed E-state index contributed by atoms with van der Waals surface area (Å²) in [6, 6.07) is 0. The van der Waals surface area contributed by atoms with Crippen molar-refractivity contribution in [2.24, 2.45) is 5.92 Å². The maximum absolute atomic E-state index is 12.3. The molecule has 0 spiro atoms. The Kier molecular flexibility index (Phi) is 7.06. The molecule has 0 amide bonds. The van der Waals surface area contributed by atoms with Gasteiger partial charge < -0.3 is 9.47 Å². The fraction of sp³-hybridized carbons (Fsp3) is 0.667. The van der Waals surface area contributed by atoms with Crippen LogP contribution in [0.1, 0.15) is 46.2 Å². The number of nitrogens with zero attached hydrogens (tertiary/aromatic N) is 2. The summed E-state index contributed by atoms with van der Waals surface area (Å²) < 4.78 is 12.0. The summed E-state index contributed by atoms with van der Waals surface area (Å²) >= 11 is 3.28. The normalized spacial score (nSPS) is 11.1. The van der Waals surface area contributed by atoms with Crippen molar-refractivity contribution in [1.82, 2.24) is 9.78 Å². The second-order valence-electron chi connectivity index (χ2n) is 5.66. The molecule has 7 heteroatoms. The van der Waals surface area contributed by atoms with Crippen LogP contribution < -0.4 is 10.3 Å². The highest BCUT2D eigenvalue weighted by Crippen LogP contribution is 2.30. The molecule has 1 rings (SSSR count). The molecule has 0 saturated carbocycles. The minimum atomic E-state index is -0.491. The molecule has 22 heavy (non-hydrogen) atoms. The first-order valence-corrected chi connectivity index (χ1v) is 8.16. The van der Waals surface area contributed by atoms with Gasteiger partial charge in [0.2, 0.25) is 0 Å². The molecule has 1 aromatic heterocycles. The van der Waals surface area contributed by atoms with Gasteiger partial charge in [0, 0.05) is 5.92 Å². The van der Waals surface area contributed by atoms with Crippen molar-refractivity contribution >= 4 is 21.9 Å². The smallest absolute Gasteiger partial charge is 0.327 e. The van der Waals surface area contributed by atoms with Gasteiger partial charge in [-0.05, 0) is 28.8 Å². The van der Waals surface area contributed by atoms with Gasteiger partial charge in [0.1, 0.15) is 16.7 Å². The largest absolute Gasteiger partial charge is 0.490 e. The molecule has 124 valence electrons. The molecule has 0 unspecified atom stereocenters. The number of aromatic nitrogens is 2. The van der Waals surface area contributed by atoms with E-state index in [9.17, 15) is 9.59 Å². The SMILES string of the molecule is CCOC(=O)Cn1nc(C(C)C)c(OCC(C)C)c(Br)c1=O. The second-order valence-corrected chi connectivity index (χ2v) is 6.45. The zero-order chi connectivity index (χ0) is 16.9. The number of rotatable bonds is 7. The first-order valence-electron chi connectivity index (χ1n) is 7.36. The summed E-state index contributed by atoms with van der Waals surface area (Å²) in [6.07, 6.45) is 0. The van der Waals surface area contributed by atoms with E-state index < -0.39 is 11.5 Å². The average molecular weight is 375 g/mol. The highest BCUT2D eigenvalue weighted by atomic mass is 79.9. The minimum absolute atomic E-state index is 0.0486. The summed E-state index contributed by atoms with van der Waals surface area (Å²) in [4.78, 5) is 23.9. The first-order chi connectivity index (χ1) is 10.3. The molecule has 0 aliphatic heterocycles. The maximum atomic E-state index is 12.3. The Hall–Kier alpha value is -1.37. The van der Waals surface area contributed by atoms with Crippen molar-refractivity contribution in [3.8, 4) is 5.75 Å². The van der Waals surface area contributed by atoms with E-state index in [1.165, 1.54) is 0 Å². The Balaban J connectivity index is 3.23. The lowest BCUT2D eigenvalue weighted by atomic mass is 10.1. The van der Waals surface area contributed by atoms with Gasteiger partial charge >= 0.3 is 5.97 Å². The van der Waals surface area contributed by atoms with Crippen LogP contribution in [0.15, 0.2) is 9.27 Å². The molecule has 0 atom stereocenters. The summed E-state index contributed by atoms with van der Waals surface area (Å²) in [7, 11) is 0. The molecular formula is C15H23BrN2O4. The monoisotopic (exact) mass is 374 g/mol. The molecule has 6 nitrogen and oxygen atoms in total. The van der Waals surface area contributed by atoms with Crippen molar-refractivity contribution in [1.29, 1.82) is 0 Å². The highest BCUT2D eigenvalue weighted by molar-refractivity contribution is 9.10. The molecule has 0 N–H and O–H groups in total. The molecular weight excluding hydrogens is 352 g/mol. The molecule has 1 heterocycles. The molecule has 1 aromatic rings. The van der Waals surface area contributed by atoms with Gasteiger partial charge in [-0.25, -0.2) is 4.68 Å². The lowest BCUT2D eigenvalue weighted by Gasteiger charge is -2.17. The molecule has 0 aliphatic rings. The van der Waals surface area contributed by atoms with E-state index in [1.807, 2.05) is 27.7 Å². The predicted molar refractivity (Wildman–Crippen MR) is 87.3 cm³/mol. The standard InChI is InChI=1S/C15H23BrN2O4/c1-6-21-11(19)7-18-15(20)12(16)14(22-8-9(2)3)13(17-18)10(4)5/h9-10H,6-8H2,1-5H3. The molecule has 0 aliphatic carbocycles. The van der Waals surface area contributed by atoms with Crippen LogP contribution in [0.2, 0.25) is 0 Å². The fourth-order valence-corrected chi connectivity index (χ4v) is 2.27. The zero-order valence-corrected chi connectivity index (χ0v) is 15.3. The highest BCUT2D eigenvalue weighted by Gasteiger charge is 2.21. The van der Waals surface area contributed by atoms with Crippen LogP contribution in [0.4, 0.5) is 0 Å². The van der Waals surface area contributed by atoms with Gasteiger partial charge in [-0.15, -0.1) is 0 Å². The van der Waals surface area contributed by atoms with E-state index in [0.717, 1.165) is 4.68 Å². The zero-order valence-electron chi connectivity index (χ0n) is 13.7. The summed E-state index contributed by atoms with van der Waals surface area (Å²) in [5.74, 6) is 0.338. The van der Waals surface area contributed by atoms with Gasteiger partial charge in [-0.2, -0.15) is 5.10 Å². The van der Waals surface area contributed by atoms with Crippen molar-refractivity contribution in [3.05, 3.63) is 20.5 Å². The second kappa shape index (κ2) is 8.31. The average Bonchev–Trinajstić information content (AvgIpc) is 2.42. The third-order valence-corrected chi connectivity index (χ3v) is 3.47. The van der Waals surface area contributed by atoms with Crippen LogP contribution in [0.3, 0.4) is 0 Å². The van der Waals surface area contributed by atoms with Gasteiger partial charge in [-0.1, -0.05) is 27.7 Å². The Morgan fingerprint density at radius 3 is 2.45 bits per heavy atom. The fourth-order valence-electron chi connectivity index (χ4n) is 1.74. The van der Waals surface area contributed by atoms with Crippen LogP contribution in [-0.4, -0.2) is 29.0 Å². The van der Waals surface area contributed by atoms with E-state index in [-0.39, 0.29) is 23.5 Å². The van der Waals surface area contributed by atoms with Crippen molar-refractivity contribution < 1.29 is 14.3 Å². The van der Waals surface area contributed by atoms with Crippen molar-refractivity contribution in [2.75, 3.05) is 13.2 Å². The van der Waals surface area contributed by atoms with Crippen LogP contribution in [-0.2, 0) is 16.1 Å². The number of hydrogen-bond acceptors (Lipinski definition) is 5. The summed E-state index contributed by atoms with van der Waals surface area (Å²) in [5.41, 5.74) is 0.229. The predicted octanol–water partition coefficient (Wildman–Crippen LogP) is 2.73. The third-order valence-electron chi connectivity index (χ3n) is 2.77. The maximum Gasteiger partial charge on any atom is 0.327 e. The summed E-state index contributed by atoms with van der Waals surface area (Å²) in [5, 5.41) is 4.28. The van der Waals surface area contributed by atoms with Crippen LogP contribution >= 0.6 is 15.9 Å². The van der Waals surface area contributed by atoms with Crippen LogP contribution in [0, 0.1) is 5.92 Å². The van der Waals surface area contributed by atoms with Gasteiger partial charge in [-0.3, -0.25) is 9.59 Å². The molecule has 0 fully saturated rings. The van der Waals surface area contributed by atoms with Crippen molar-refractivity contribution in [2.45, 2.75) is 47.1 Å². The molecule has 0 saturated heterocycles. The first kappa shape index (κ1) is 18.7. The topological polar surface area (TPSA) is 70.4 Å². The van der Waals surface area contributed by atoms with E-state index in [0.29, 0.717) is 24.0 Å². The van der Waals surface area contributed by atoms with E-state index in [1.54, 1.807) is 6.92 Å². The Morgan fingerprint density at radius 2 is 1.95 bits per heavy atom. The number of carbonyl (C=O) groups excluding carboxylic acids is 1. The Labute approximate surface area is 138 Å². The number of ether oxygens (including phenoxy) is 2. The minimum Gasteiger partial charge on any atom is -0.490 e. The van der Waals surface area contributed by atoms with Gasteiger partial charge in [0.15, 0.2) is 5.75 Å². The number of hydrogen-bond donors (Lipinski definition) is 0. The van der Waals surface area contributed by atoms with E-state index >= 15 is 0 Å². The van der Waals surface area contributed by atoms with E-state index in [2.05, 4.69) is 21.0 Å². The Morgan fingerprint density at radius 1 is 1.32 bits per heavy atom. The number of halogens is 1. The third kappa shape index (κ3) is 4.83. The van der Waals surface area contributed by atoms with E-state index in [4.69, 9.17) is 9.47 Å². The Bertz CT molecular complexity index is 582. The van der Waals surface area contributed by atoms with Gasteiger partial charge in [0.25, 0.3) is 5.56 Å². The van der Waals surface area contributed by atoms with Crippen LogP contribution in [0.25, 0.3) is 0 Å². The number of carbonyl (C=O) groups is 1. The molecule has 0 aromatic carbocycles.